The molecule has 9 heteroatoms. The zero-order valence-corrected chi connectivity index (χ0v) is 24.9. The second kappa shape index (κ2) is 12.5. The lowest BCUT2D eigenvalue weighted by Gasteiger charge is -2.26. The lowest BCUT2D eigenvalue weighted by Crippen LogP contribution is -2.40. The van der Waals surface area contributed by atoms with Crippen LogP contribution >= 0.6 is 27.3 Å². The summed E-state index contributed by atoms with van der Waals surface area (Å²) >= 11 is 4.77. The Balaban J connectivity index is 1.80. The summed E-state index contributed by atoms with van der Waals surface area (Å²) in [5.74, 6) is 0.743. The van der Waals surface area contributed by atoms with Gasteiger partial charge in [0.1, 0.15) is 18.1 Å². The van der Waals surface area contributed by atoms with E-state index in [9.17, 15) is 9.59 Å². The maximum absolute atomic E-state index is 14.1. The largest absolute Gasteiger partial charge is 0.497 e. The minimum Gasteiger partial charge on any atom is -0.497 e. The van der Waals surface area contributed by atoms with Gasteiger partial charge < -0.3 is 14.2 Å². The van der Waals surface area contributed by atoms with Gasteiger partial charge in [-0.3, -0.25) is 9.36 Å². The first-order valence-electron chi connectivity index (χ1n) is 12.9. The van der Waals surface area contributed by atoms with E-state index < -0.39 is 12.0 Å². The van der Waals surface area contributed by atoms with E-state index in [0.717, 1.165) is 21.2 Å². The van der Waals surface area contributed by atoms with Crippen LogP contribution in [0.15, 0.2) is 105 Å². The van der Waals surface area contributed by atoms with Crippen LogP contribution in [0.3, 0.4) is 0 Å². The van der Waals surface area contributed by atoms with Crippen molar-refractivity contribution in [2.45, 2.75) is 13.0 Å². The number of methoxy groups -OCH3 is 1. The van der Waals surface area contributed by atoms with E-state index >= 15 is 0 Å². The van der Waals surface area contributed by atoms with Gasteiger partial charge >= 0.3 is 5.97 Å². The van der Waals surface area contributed by atoms with Crippen LogP contribution in [-0.2, 0) is 9.53 Å². The minimum atomic E-state index is -0.771. The molecule has 2 heterocycles. The number of fused-ring (bicyclic) bond motifs is 1. The molecule has 0 radical (unpaired) electrons. The second-order valence-electron chi connectivity index (χ2n) is 8.99. The van der Waals surface area contributed by atoms with Gasteiger partial charge in [-0.05, 0) is 48.9 Å². The van der Waals surface area contributed by atoms with Crippen LogP contribution in [-0.4, -0.2) is 30.9 Å². The zero-order chi connectivity index (χ0) is 28.9. The summed E-state index contributed by atoms with van der Waals surface area (Å²) in [5, 5.41) is 0. The Hall–Kier alpha value is -4.21. The molecule has 0 spiro atoms. The molecule has 0 saturated heterocycles. The van der Waals surface area contributed by atoms with Crippen molar-refractivity contribution in [1.29, 1.82) is 0 Å². The van der Waals surface area contributed by atoms with Crippen LogP contribution in [0.1, 0.15) is 29.7 Å². The molecule has 1 aliphatic rings. The smallest absolute Gasteiger partial charge is 0.338 e. The Bertz CT molecular complexity index is 1810. The van der Waals surface area contributed by atoms with E-state index in [1.807, 2.05) is 60.7 Å². The number of rotatable bonds is 9. The topological polar surface area (TPSA) is 79.1 Å². The number of halogens is 1. The van der Waals surface area contributed by atoms with Crippen molar-refractivity contribution in [1.82, 2.24) is 4.57 Å². The van der Waals surface area contributed by atoms with E-state index in [2.05, 4.69) is 22.5 Å². The summed E-state index contributed by atoms with van der Waals surface area (Å²) in [7, 11) is 1.59. The average molecular weight is 632 g/mol. The van der Waals surface area contributed by atoms with E-state index in [1.54, 1.807) is 42.9 Å². The van der Waals surface area contributed by atoms with E-state index in [1.165, 1.54) is 11.3 Å². The number of aromatic nitrogens is 1. The minimum absolute atomic E-state index is 0.181. The van der Waals surface area contributed by atoms with Gasteiger partial charge in [0, 0.05) is 15.6 Å². The Morgan fingerprint density at radius 2 is 1.88 bits per heavy atom. The Morgan fingerprint density at radius 1 is 1.12 bits per heavy atom. The molecule has 4 aromatic rings. The molecule has 1 atom stereocenters. The number of carbonyl (C=O) groups is 1. The van der Waals surface area contributed by atoms with Crippen molar-refractivity contribution in [3.05, 3.63) is 132 Å². The molecule has 0 saturated carbocycles. The van der Waals surface area contributed by atoms with Crippen LogP contribution < -0.4 is 24.4 Å². The summed E-state index contributed by atoms with van der Waals surface area (Å²) in [6, 6.07) is 21.6. The van der Waals surface area contributed by atoms with Crippen LogP contribution in [0.2, 0.25) is 0 Å². The van der Waals surface area contributed by atoms with E-state index in [4.69, 9.17) is 19.2 Å². The fraction of sp³-hybridized carbons (Fsp3) is 0.156. The molecular formula is C32H27BrN2O5S. The number of nitrogens with zero attached hydrogens (tertiary/aromatic N) is 2. The van der Waals surface area contributed by atoms with Gasteiger partial charge in [0.25, 0.3) is 5.56 Å². The number of hydrogen-bond donors (Lipinski definition) is 0. The number of esters is 1. The molecule has 5 rings (SSSR count). The summed E-state index contributed by atoms with van der Waals surface area (Å²) in [6.07, 6.45) is 3.45. The predicted molar refractivity (Wildman–Crippen MR) is 164 cm³/mol. The van der Waals surface area contributed by atoms with Crippen LogP contribution in [0, 0.1) is 0 Å². The first-order valence-corrected chi connectivity index (χ1v) is 14.5. The Kier molecular flexibility index (Phi) is 8.66. The molecule has 7 nitrogen and oxygen atoms in total. The van der Waals surface area contributed by atoms with Crippen molar-refractivity contribution in [2.24, 2.45) is 4.99 Å². The summed E-state index contributed by atoms with van der Waals surface area (Å²) in [6.45, 7) is 5.98. The van der Waals surface area contributed by atoms with Gasteiger partial charge in [0.2, 0.25) is 0 Å². The van der Waals surface area contributed by atoms with E-state index in [-0.39, 0.29) is 12.2 Å². The first kappa shape index (κ1) is 28.3. The van der Waals surface area contributed by atoms with E-state index in [0.29, 0.717) is 38.7 Å². The predicted octanol–water partition coefficient (Wildman–Crippen LogP) is 5.27. The first-order chi connectivity index (χ1) is 19.9. The average Bonchev–Trinajstić information content (AvgIpc) is 3.30. The van der Waals surface area contributed by atoms with Gasteiger partial charge in [0.05, 0.1) is 35.6 Å². The maximum Gasteiger partial charge on any atom is 0.338 e. The van der Waals surface area contributed by atoms with Gasteiger partial charge in [-0.1, -0.05) is 82.4 Å². The third-order valence-electron chi connectivity index (χ3n) is 6.42. The van der Waals surface area contributed by atoms with Crippen molar-refractivity contribution >= 4 is 45.0 Å². The highest BCUT2D eigenvalue weighted by Crippen LogP contribution is 2.35. The summed E-state index contributed by atoms with van der Waals surface area (Å²) in [4.78, 5) is 33.0. The highest BCUT2D eigenvalue weighted by molar-refractivity contribution is 9.10. The maximum atomic E-state index is 14.1. The van der Waals surface area contributed by atoms with Gasteiger partial charge in [0.15, 0.2) is 4.80 Å². The molecule has 1 aromatic heterocycles. The van der Waals surface area contributed by atoms with Crippen molar-refractivity contribution in [3.8, 4) is 11.5 Å². The third-order valence-corrected chi connectivity index (χ3v) is 7.90. The van der Waals surface area contributed by atoms with Gasteiger partial charge in [-0.2, -0.15) is 0 Å². The number of ether oxygens (including phenoxy) is 3. The Labute approximate surface area is 249 Å². The molecule has 3 aromatic carbocycles. The third kappa shape index (κ3) is 5.82. The molecule has 41 heavy (non-hydrogen) atoms. The van der Waals surface area contributed by atoms with Crippen LogP contribution in [0.25, 0.3) is 11.8 Å². The number of hydrogen-bond acceptors (Lipinski definition) is 7. The molecule has 0 aliphatic carbocycles. The molecule has 0 amide bonds. The molecule has 0 N–H and O–H groups in total. The zero-order valence-electron chi connectivity index (χ0n) is 22.5. The van der Waals surface area contributed by atoms with Crippen molar-refractivity contribution in [2.75, 3.05) is 20.3 Å². The lowest BCUT2D eigenvalue weighted by atomic mass is 9.93. The summed E-state index contributed by atoms with van der Waals surface area (Å²) < 4.78 is 19.6. The molecule has 0 bridgehead atoms. The number of carbonyl (C=O) groups excluding carboxylic acids is 1. The van der Waals surface area contributed by atoms with Crippen LogP contribution in [0.4, 0.5) is 0 Å². The number of benzene rings is 3. The normalized spacial score (nSPS) is 14.7. The monoisotopic (exact) mass is 630 g/mol. The lowest BCUT2D eigenvalue weighted by molar-refractivity contribution is -0.138. The highest BCUT2D eigenvalue weighted by Gasteiger charge is 2.35. The van der Waals surface area contributed by atoms with Gasteiger partial charge in [-0.25, -0.2) is 9.79 Å². The SMILES string of the molecule is C=CCOc1ccc(Br)cc1/C=c1\sc2n(c1=O)[C@H](c1ccc(OC)cc1)C(C(=O)OCC)=C(c1ccccc1)N=2. The summed E-state index contributed by atoms with van der Waals surface area (Å²) in [5.41, 5.74) is 2.68. The number of thiazole rings is 1. The molecule has 0 fully saturated rings. The second-order valence-corrected chi connectivity index (χ2v) is 10.9. The fourth-order valence-corrected chi connectivity index (χ4v) is 5.97. The quantitative estimate of drug-likeness (QED) is 0.186. The van der Waals surface area contributed by atoms with Crippen molar-refractivity contribution in [3.63, 3.8) is 0 Å². The standard InChI is InChI=1S/C32H27BrN2O5S/c1-4-17-40-25-16-13-23(33)18-22(25)19-26-30(36)35-29(21-11-14-24(38-3)15-12-21)27(31(37)39-5-2)28(34-32(35)41-26)20-9-7-6-8-10-20/h4,6-16,18-19,29H,1,5,17H2,2-3H3/b26-19-/t29-/m1/s1. The highest BCUT2D eigenvalue weighted by atomic mass is 79.9. The molecule has 208 valence electrons. The van der Waals surface area contributed by atoms with Gasteiger partial charge in [-0.15, -0.1) is 0 Å². The molecular weight excluding hydrogens is 604 g/mol. The molecule has 1 aliphatic heterocycles. The molecule has 0 unspecified atom stereocenters. The fourth-order valence-electron chi connectivity index (χ4n) is 4.60. The van der Waals surface area contributed by atoms with Crippen LogP contribution in [0.5, 0.6) is 11.5 Å². The Morgan fingerprint density at radius 3 is 2.56 bits per heavy atom. The van der Waals surface area contributed by atoms with Crippen molar-refractivity contribution < 1.29 is 19.0 Å².